The fourth-order valence-electron chi connectivity index (χ4n) is 1.39. The first kappa shape index (κ1) is 16.7. The molecular weight excluding hydrogens is 297 g/mol. The van der Waals surface area contributed by atoms with Crippen molar-refractivity contribution in [1.29, 1.82) is 0 Å². The van der Waals surface area contributed by atoms with Crippen molar-refractivity contribution < 1.29 is 22.7 Å². The van der Waals surface area contributed by atoms with Gasteiger partial charge in [0.25, 0.3) is 0 Å². The van der Waals surface area contributed by atoms with E-state index >= 15 is 0 Å². The number of ether oxygens (including phenoxy) is 1. The Bertz CT molecular complexity index is 496. The van der Waals surface area contributed by atoms with E-state index in [1.165, 1.54) is 4.57 Å². The Morgan fingerprint density at radius 3 is 2.75 bits per heavy atom. The molecule has 1 rings (SSSR count). The summed E-state index contributed by atoms with van der Waals surface area (Å²) in [7, 11) is 0. The standard InChI is InChI=1S/C11H15F3N2O3S/c1-8-6-20-10(18)16(8)5-9(17)15-3-2-4-19-7-11(12,13)14/h6H,2-5,7H2,1H3,(H,15,17). The average Bonchev–Trinajstić information content (AvgIpc) is 2.64. The molecule has 0 saturated carbocycles. The van der Waals surface area contributed by atoms with Gasteiger partial charge in [0.15, 0.2) is 0 Å². The molecule has 114 valence electrons. The van der Waals surface area contributed by atoms with E-state index in [-0.39, 0.29) is 36.9 Å². The highest BCUT2D eigenvalue weighted by Crippen LogP contribution is 2.14. The highest BCUT2D eigenvalue weighted by Gasteiger charge is 2.27. The van der Waals surface area contributed by atoms with Gasteiger partial charge < -0.3 is 10.1 Å². The first-order chi connectivity index (χ1) is 9.29. The van der Waals surface area contributed by atoms with E-state index in [0.717, 1.165) is 11.3 Å². The first-order valence-electron chi connectivity index (χ1n) is 5.86. The molecule has 0 bridgehead atoms. The molecule has 1 heterocycles. The minimum atomic E-state index is -4.33. The Hall–Kier alpha value is -1.35. The smallest absolute Gasteiger partial charge is 0.372 e. The predicted octanol–water partition coefficient (Wildman–Crippen LogP) is 1.30. The van der Waals surface area contributed by atoms with E-state index in [1.807, 2.05) is 0 Å². The highest BCUT2D eigenvalue weighted by atomic mass is 32.1. The molecule has 1 aromatic heterocycles. The summed E-state index contributed by atoms with van der Waals surface area (Å²) in [6.07, 6.45) is -4.06. The molecule has 20 heavy (non-hydrogen) atoms. The lowest BCUT2D eigenvalue weighted by atomic mass is 10.4. The molecule has 0 aliphatic rings. The average molecular weight is 312 g/mol. The summed E-state index contributed by atoms with van der Waals surface area (Å²) in [6, 6.07) is 0. The maximum atomic E-state index is 11.8. The van der Waals surface area contributed by atoms with Crippen LogP contribution in [0.5, 0.6) is 0 Å². The van der Waals surface area contributed by atoms with Gasteiger partial charge in [0.1, 0.15) is 13.2 Å². The zero-order valence-corrected chi connectivity index (χ0v) is 11.6. The second kappa shape index (κ2) is 7.44. The molecule has 0 fully saturated rings. The summed E-state index contributed by atoms with van der Waals surface area (Å²) < 4.78 is 41.0. The lowest BCUT2D eigenvalue weighted by Crippen LogP contribution is -2.32. The fourth-order valence-corrected chi connectivity index (χ4v) is 2.12. The second-order valence-electron chi connectivity index (χ2n) is 4.10. The van der Waals surface area contributed by atoms with Gasteiger partial charge in [-0.1, -0.05) is 11.3 Å². The normalized spacial score (nSPS) is 11.6. The van der Waals surface area contributed by atoms with Crippen LogP contribution in [0.25, 0.3) is 0 Å². The molecule has 0 radical (unpaired) electrons. The lowest BCUT2D eigenvalue weighted by molar-refractivity contribution is -0.174. The molecule has 1 amide bonds. The quantitative estimate of drug-likeness (QED) is 0.772. The Labute approximate surface area is 117 Å². The molecule has 0 spiro atoms. The van der Waals surface area contributed by atoms with Crippen molar-refractivity contribution in [2.45, 2.75) is 26.1 Å². The zero-order chi connectivity index (χ0) is 15.2. The van der Waals surface area contributed by atoms with Crippen LogP contribution in [0.3, 0.4) is 0 Å². The van der Waals surface area contributed by atoms with Crippen LogP contribution in [0.2, 0.25) is 0 Å². The Kier molecular flexibility index (Phi) is 6.21. The lowest BCUT2D eigenvalue weighted by Gasteiger charge is -2.08. The number of hydrogen-bond donors (Lipinski definition) is 1. The fraction of sp³-hybridized carbons (Fsp3) is 0.636. The van der Waals surface area contributed by atoms with Gasteiger partial charge in [0.05, 0.1) is 0 Å². The highest BCUT2D eigenvalue weighted by molar-refractivity contribution is 7.07. The third-order valence-electron chi connectivity index (χ3n) is 2.33. The molecule has 0 saturated heterocycles. The topological polar surface area (TPSA) is 60.3 Å². The van der Waals surface area contributed by atoms with Crippen LogP contribution in [0.4, 0.5) is 13.2 Å². The number of alkyl halides is 3. The van der Waals surface area contributed by atoms with Gasteiger partial charge in [-0.3, -0.25) is 14.2 Å². The summed E-state index contributed by atoms with van der Waals surface area (Å²) in [4.78, 5) is 22.7. The van der Waals surface area contributed by atoms with Gasteiger partial charge in [-0.05, 0) is 13.3 Å². The number of halogens is 3. The van der Waals surface area contributed by atoms with Crippen LogP contribution in [0.15, 0.2) is 10.2 Å². The molecule has 0 aliphatic carbocycles. The number of aromatic nitrogens is 1. The first-order valence-corrected chi connectivity index (χ1v) is 6.73. The van der Waals surface area contributed by atoms with Gasteiger partial charge in [-0.15, -0.1) is 0 Å². The van der Waals surface area contributed by atoms with E-state index in [4.69, 9.17) is 0 Å². The van der Waals surface area contributed by atoms with Crippen LogP contribution < -0.4 is 10.2 Å². The number of rotatable bonds is 7. The van der Waals surface area contributed by atoms with Gasteiger partial charge in [-0.25, -0.2) is 0 Å². The molecule has 1 N–H and O–H groups in total. The zero-order valence-electron chi connectivity index (χ0n) is 10.8. The van der Waals surface area contributed by atoms with Crippen LogP contribution in [0, 0.1) is 6.92 Å². The van der Waals surface area contributed by atoms with E-state index in [9.17, 15) is 22.8 Å². The monoisotopic (exact) mass is 312 g/mol. The maximum absolute atomic E-state index is 11.8. The van der Waals surface area contributed by atoms with Gasteiger partial charge in [0, 0.05) is 24.2 Å². The summed E-state index contributed by atoms with van der Waals surface area (Å²) in [5.74, 6) is -0.357. The SMILES string of the molecule is Cc1csc(=O)n1CC(=O)NCCCOCC(F)(F)F. The number of aryl methyl sites for hydroxylation is 1. The third-order valence-corrected chi connectivity index (χ3v) is 3.21. The summed E-state index contributed by atoms with van der Waals surface area (Å²) in [5.41, 5.74) is 0.698. The van der Waals surface area contributed by atoms with Crippen LogP contribution in [-0.2, 0) is 16.1 Å². The molecule has 9 heteroatoms. The van der Waals surface area contributed by atoms with Crippen molar-refractivity contribution >= 4 is 17.2 Å². The number of amides is 1. The van der Waals surface area contributed by atoms with Gasteiger partial charge >= 0.3 is 11.0 Å². The Balaban J connectivity index is 2.17. The molecule has 1 aromatic rings. The van der Waals surface area contributed by atoms with E-state index < -0.39 is 12.8 Å². The molecule has 0 aromatic carbocycles. The molecule has 0 aliphatic heterocycles. The van der Waals surface area contributed by atoms with Crippen molar-refractivity contribution in [2.24, 2.45) is 0 Å². The Morgan fingerprint density at radius 2 is 2.20 bits per heavy atom. The second-order valence-corrected chi connectivity index (χ2v) is 4.92. The van der Waals surface area contributed by atoms with Crippen molar-refractivity contribution in [3.8, 4) is 0 Å². The molecule has 0 unspecified atom stereocenters. The Morgan fingerprint density at radius 1 is 1.50 bits per heavy atom. The number of carbonyl (C=O) groups excluding carboxylic acids is 1. The van der Waals surface area contributed by atoms with Gasteiger partial charge in [0.2, 0.25) is 5.91 Å². The van der Waals surface area contributed by atoms with E-state index in [1.54, 1.807) is 12.3 Å². The number of hydrogen-bond acceptors (Lipinski definition) is 4. The minimum absolute atomic E-state index is 0.0857. The largest absolute Gasteiger partial charge is 0.411 e. The van der Waals surface area contributed by atoms with Crippen LogP contribution in [0.1, 0.15) is 12.1 Å². The van der Waals surface area contributed by atoms with Crippen molar-refractivity contribution in [2.75, 3.05) is 19.8 Å². The molecule has 0 atom stereocenters. The number of thiazole rings is 1. The van der Waals surface area contributed by atoms with Crippen molar-refractivity contribution in [3.05, 3.63) is 20.7 Å². The predicted molar refractivity (Wildman–Crippen MR) is 67.8 cm³/mol. The van der Waals surface area contributed by atoms with Crippen LogP contribution in [-0.4, -0.2) is 36.4 Å². The van der Waals surface area contributed by atoms with E-state index in [0.29, 0.717) is 5.69 Å². The van der Waals surface area contributed by atoms with Crippen molar-refractivity contribution in [3.63, 3.8) is 0 Å². The van der Waals surface area contributed by atoms with Gasteiger partial charge in [-0.2, -0.15) is 13.2 Å². The van der Waals surface area contributed by atoms with Crippen molar-refractivity contribution in [1.82, 2.24) is 9.88 Å². The summed E-state index contributed by atoms with van der Waals surface area (Å²) in [5, 5.41) is 4.17. The third kappa shape index (κ3) is 6.20. The summed E-state index contributed by atoms with van der Waals surface area (Å²) >= 11 is 1.01. The number of nitrogens with one attached hydrogen (secondary N) is 1. The van der Waals surface area contributed by atoms with Crippen LogP contribution >= 0.6 is 11.3 Å². The summed E-state index contributed by atoms with van der Waals surface area (Å²) in [6.45, 7) is 0.462. The molecule has 5 nitrogen and oxygen atoms in total. The number of nitrogens with zero attached hydrogens (tertiary/aromatic N) is 1. The molecular formula is C11H15F3N2O3S. The maximum Gasteiger partial charge on any atom is 0.411 e. The minimum Gasteiger partial charge on any atom is -0.372 e. The van der Waals surface area contributed by atoms with E-state index in [2.05, 4.69) is 10.1 Å². The number of carbonyl (C=O) groups is 1.